The van der Waals surface area contributed by atoms with E-state index in [0.717, 1.165) is 120 Å². The molecule has 0 radical (unpaired) electrons. The minimum Gasteiger partial charge on any atom is -0.372 e. The zero-order valence-corrected chi connectivity index (χ0v) is 75.3. The molecule has 0 aliphatic carbocycles. The highest BCUT2D eigenvalue weighted by Crippen LogP contribution is 2.29. The molecule has 12 heteroatoms. The van der Waals surface area contributed by atoms with Crippen LogP contribution in [-0.4, -0.2) is 75.7 Å². The molecule has 12 nitrogen and oxygen atoms in total. The Morgan fingerprint density at radius 1 is 0.180 bits per heavy atom. The number of hydrogen-bond donors (Lipinski definition) is 4. The third-order valence-corrected chi connectivity index (χ3v) is 22.7. The normalized spacial score (nSPS) is 12.0. The summed E-state index contributed by atoms with van der Waals surface area (Å²) in [6.07, 6.45) is 40.1. The maximum atomic E-state index is 5.20. The van der Waals surface area contributed by atoms with E-state index < -0.39 is 0 Å². The molecule has 0 amide bonds. The number of benzene rings is 8. The largest absolute Gasteiger partial charge is 0.372 e. The number of amidine groups is 4. The minimum absolute atomic E-state index is 0.330. The summed E-state index contributed by atoms with van der Waals surface area (Å²) in [4.78, 5) is 31.1. The first-order valence-electron chi connectivity index (χ1n) is 47.2. The van der Waals surface area contributed by atoms with Gasteiger partial charge in [0, 0.05) is 142 Å². The Morgan fingerprint density at radius 3 is 0.459 bits per heavy atom. The smallest absolute Gasteiger partial charge is 0.202 e. The van der Waals surface area contributed by atoms with E-state index in [4.69, 9.17) is 20.0 Å². The summed E-state index contributed by atoms with van der Waals surface area (Å²) in [7, 11) is 0. The molecule has 2 aliphatic heterocycles. The summed E-state index contributed by atoms with van der Waals surface area (Å²) in [5.41, 5.74) is 15.9. The first-order chi connectivity index (χ1) is 60.1. The second-order valence-corrected chi connectivity index (χ2v) is 32.9. The number of aliphatic imine (C=N–C) groups is 4. The summed E-state index contributed by atoms with van der Waals surface area (Å²) >= 11 is 0. The van der Waals surface area contributed by atoms with Gasteiger partial charge in [0.1, 0.15) is 0 Å². The Labute approximate surface area is 736 Å². The van der Waals surface area contributed by atoms with Crippen LogP contribution in [0, 0.1) is 47.4 Å². The molecular formula is C110H140N12. The van der Waals surface area contributed by atoms with E-state index in [1.54, 1.807) is 0 Å². The first-order valence-corrected chi connectivity index (χ1v) is 47.2. The summed E-state index contributed by atoms with van der Waals surface area (Å²) in [6.45, 7) is 27.0. The summed E-state index contributed by atoms with van der Waals surface area (Å²) in [5.74, 6) is 30.2. The molecule has 0 aromatic heterocycles. The van der Waals surface area contributed by atoms with Crippen molar-refractivity contribution in [3.05, 3.63) is 250 Å². The van der Waals surface area contributed by atoms with Crippen molar-refractivity contribution < 1.29 is 0 Å². The maximum absolute atomic E-state index is 5.20. The highest BCUT2D eigenvalue weighted by Gasteiger charge is 2.27. The third-order valence-electron chi connectivity index (χ3n) is 22.7. The van der Waals surface area contributed by atoms with Crippen LogP contribution in [0.4, 0.5) is 45.5 Å². The second kappa shape index (κ2) is 54.3. The highest BCUT2D eigenvalue weighted by atomic mass is 15.3. The van der Waals surface area contributed by atoms with E-state index in [-0.39, 0.29) is 0 Å². The number of rotatable bonds is 48. The molecule has 4 N–H and O–H groups in total. The van der Waals surface area contributed by atoms with Gasteiger partial charge < -0.3 is 40.9 Å². The zero-order chi connectivity index (χ0) is 85.2. The van der Waals surface area contributed by atoms with Gasteiger partial charge >= 0.3 is 0 Å². The van der Waals surface area contributed by atoms with Crippen molar-refractivity contribution in [2.75, 3.05) is 93.2 Å². The Kier molecular flexibility index (Phi) is 41.4. The molecular weight excluding hydrogens is 1490 g/mol. The van der Waals surface area contributed by atoms with Crippen molar-refractivity contribution in [2.45, 2.75) is 261 Å². The molecule has 0 saturated heterocycles. The van der Waals surface area contributed by atoms with Gasteiger partial charge in [-0.1, -0.05) is 257 Å². The molecule has 10 rings (SSSR count). The molecule has 8 aromatic carbocycles. The van der Waals surface area contributed by atoms with E-state index in [1.165, 1.54) is 228 Å². The Bertz CT molecular complexity index is 4150. The fourth-order valence-corrected chi connectivity index (χ4v) is 15.2. The number of hydrogen-bond acceptors (Lipinski definition) is 12. The Hall–Kier alpha value is -11.2. The van der Waals surface area contributed by atoms with Crippen LogP contribution in [-0.2, 0) is 0 Å². The Morgan fingerprint density at radius 2 is 0.320 bits per heavy atom. The van der Waals surface area contributed by atoms with Crippen LogP contribution in [0.25, 0.3) is 0 Å². The molecule has 640 valence electrons. The van der Waals surface area contributed by atoms with Gasteiger partial charge in [-0.25, -0.2) is 20.0 Å². The molecule has 8 aromatic rings. The van der Waals surface area contributed by atoms with Crippen LogP contribution in [0.2, 0.25) is 0 Å². The van der Waals surface area contributed by atoms with Crippen molar-refractivity contribution in [2.24, 2.45) is 20.0 Å². The molecule has 0 atom stereocenters. The van der Waals surface area contributed by atoms with Gasteiger partial charge in [-0.2, -0.15) is 0 Å². The fourth-order valence-electron chi connectivity index (χ4n) is 15.2. The van der Waals surface area contributed by atoms with Crippen LogP contribution in [0.15, 0.2) is 226 Å². The average Bonchev–Trinajstić information content (AvgIpc) is 1.64. The molecule has 0 spiro atoms. The van der Waals surface area contributed by atoms with Gasteiger partial charge in [-0.3, -0.25) is 0 Å². The van der Waals surface area contributed by atoms with Crippen molar-refractivity contribution in [1.29, 1.82) is 0 Å². The van der Waals surface area contributed by atoms with Gasteiger partial charge in [0.25, 0.3) is 0 Å². The average molecular weight is 1630 g/mol. The summed E-state index contributed by atoms with van der Waals surface area (Å²) < 4.78 is 0. The monoisotopic (exact) mass is 1630 g/mol. The van der Waals surface area contributed by atoms with Crippen molar-refractivity contribution in [3.8, 4) is 47.4 Å². The van der Waals surface area contributed by atoms with E-state index in [0.29, 0.717) is 35.0 Å². The number of unbranched alkanes of at least 4 members (excludes halogenated alkanes) is 24. The third kappa shape index (κ3) is 32.7. The van der Waals surface area contributed by atoms with Gasteiger partial charge in [0.2, 0.25) is 11.6 Å². The fraction of sp³-hybridized carbons (Fsp3) is 0.436. The van der Waals surface area contributed by atoms with E-state index >= 15 is 0 Å². The van der Waals surface area contributed by atoms with Crippen LogP contribution in [0.3, 0.4) is 0 Å². The van der Waals surface area contributed by atoms with Crippen molar-refractivity contribution >= 4 is 68.8 Å². The van der Waals surface area contributed by atoms with Gasteiger partial charge in [0.05, 0.1) is 0 Å². The lowest BCUT2D eigenvalue weighted by molar-refractivity contribution is 0.609. The van der Waals surface area contributed by atoms with Gasteiger partial charge in [-0.15, -0.1) is 0 Å². The molecule has 0 unspecified atom stereocenters. The van der Waals surface area contributed by atoms with Crippen molar-refractivity contribution in [1.82, 2.24) is 0 Å². The van der Waals surface area contributed by atoms with Crippen molar-refractivity contribution in [3.63, 3.8) is 0 Å². The summed E-state index contributed by atoms with van der Waals surface area (Å²) in [6, 6.07) is 67.9. The lowest BCUT2D eigenvalue weighted by Gasteiger charge is -2.25. The highest BCUT2D eigenvalue weighted by molar-refractivity contribution is 6.51. The lowest BCUT2D eigenvalue weighted by Crippen LogP contribution is -2.27. The number of nitrogens with zero attached hydrogens (tertiary/aromatic N) is 8. The van der Waals surface area contributed by atoms with E-state index in [9.17, 15) is 0 Å². The zero-order valence-electron chi connectivity index (χ0n) is 75.3. The molecule has 2 aliphatic rings. The molecule has 2 heterocycles. The van der Waals surface area contributed by atoms with Crippen LogP contribution < -0.4 is 40.9 Å². The summed E-state index contributed by atoms with van der Waals surface area (Å²) in [5, 5.41) is 14.5. The SMILES string of the molecule is CCCCCCN(CCCCCC)c1ccc(C#Cc2ccc(NC3=NC(=C4N=C(Nc5ccc(C#Cc6ccc(N(CCCCCC)CCCCCC)cc6)cc5)C(Nc5ccc(C#Cc6ccc(N(CCCCCC)CCCCCC)cc6)cc5)=N4)N=C3Nc3ccc(C#Cc4ccc(N(CCCCCC)CCCCCC)cc4)cc3)cc2)cc1. The Balaban J connectivity index is 0.924. The molecule has 122 heavy (non-hydrogen) atoms. The van der Waals surface area contributed by atoms with Crippen LogP contribution in [0.1, 0.15) is 305 Å². The molecule has 0 saturated carbocycles. The second-order valence-electron chi connectivity index (χ2n) is 32.9. The molecule has 0 fully saturated rings. The first kappa shape index (κ1) is 93.1. The standard InChI is InChI=1S/C110H140N12/c1-9-17-25-33-81-119(82-34-26-18-10-2)101-73-57-93(58-74-101)45-41-89-49-65-97(66-50-89)111-105-106(112-98-67-51-90(52-68-98)42-46-94-59-75-102(76-60-94)120(83-35-27-19-11-3)84-36-28-20-12-4)116-109(115-105)110-117-107(113-99-69-53-91(54-70-99)43-47-95-61-77-103(78-62-95)121(85-37-29-21-13-5)86-38-30-22-14-6)108(118-110)114-100-71-55-92(56-72-100)44-48-96-63-79-104(80-64-96)122(87-39-31-23-15-7)88-40-32-24-16-8/h49-80H,9-40,81-88H2,1-8H3,(H,111,115)(H,112,116)(H,113,117)(H,114,118). The lowest BCUT2D eigenvalue weighted by atomic mass is 10.1. The quantitative estimate of drug-likeness (QED) is 0.0221. The predicted molar refractivity (Wildman–Crippen MR) is 529 cm³/mol. The number of anilines is 8. The van der Waals surface area contributed by atoms with Crippen LogP contribution in [0.5, 0.6) is 0 Å². The van der Waals surface area contributed by atoms with E-state index in [1.807, 2.05) is 97.1 Å². The van der Waals surface area contributed by atoms with Crippen LogP contribution >= 0.6 is 0 Å². The molecule has 0 bridgehead atoms. The van der Waals surface area contributed by atoms with E-state index in [2.05, 4.69) is 241 Å². The maximum Gasteiger partial charge on any atom is 0.202 e. The van der Waals surface area contributed by atoms with Gasteiger partial charge in [-0.05, 0) is 245 Å². The predicted octanol–water partition coefficient (Wildman–Crippen LogP) is 27.6. The topological polar surface area (TPSA) is 111 Å². The van der Waals surface area contributed by atoms with Gasteiger partial charge in [0.15, 0.2) is 23.3 Å². The minimum atomic E-state index is 0.330. The number of nitrogens with one attached hydrogen (secondary N) is 4.